The molecule has 0 spiro atoms. The Bertz CT molecular complexity index is 556. The first-order chi connectivity index (χ1) is 8.13. The molecule has 0 aromatic carbocycles. The van der Waals surface area contributed by atoms with E-state index in [1.807, 2.05) is 0 Å². The van der Waals surface area contributed by atoms with E-state index < -0.39 is 49.3 Å². The normalized spacial score (nSPS) is 36.9. The smallest absolute Gasteiger partial charge is 0.328 e. The standard InChI is InChI=1S/C8H10N2O7S/c1-8(3-9(14)15)6(7(12)13)10-4(11)2-5(10)18(8,16)17/h5-6H,2-3H2,1H3,(H,12,13)/t5-,6-,8-/m0/s1. The van der Waals surface area contributed by atoms with Crippen LogP contribution in [0.1, 0.15) is 13.3 Å². The minimum absolute atomic E-state index is 0.306. The maximum atomic E-state index is 12.1. The maximum Gasteiger partial charge on any atom is 0.328 e. The number of hydrogen-bond donors (Lipinski definition) is 1. The number of fused-ring (bicyclic) bond motifs is 1. The van der Waals surface area contributed by atoms with Crippen molar-refractivity contribution in [1.82, 2.24) is 4.90 Å². The third-order valence-electron chi connectivity index (χ3n) is 3.49. The summed E-state index contributed by atoms with van der Waals surface area (Å²) >= 11 is 0. The van der Waals surface area contributed by atoms with Crippen molar-refractivity contribution < 1.29 is 28.0 Å². The first kappa shape index (κ1) is 12.7. The number of amides is 1. The third-order valence-corrected chi connectivity index (χ3v) is 6.25. The number of hydrogen-bond acceptors (Lipinski definition) is 6. The van der Waals surface area contributed by atoms with E-state index in [0.717, 1.165) is 11.8 Å². The van der Waals surface area contributed by atoms with Gasteiger partial charge in [-0.2, -0.15) is 0 Å². The fourth-order valence-corrected chi connectivity index (χ4v) is 4.88. The summed E-state index contributed by atoms with van der Waals surface area (Å²) in [5, 5.41) is 18.4. The van der Waals surface area contributed by atoms with Gasteiger partial charge in [-0.25, -0.2) is 13.2 Å². The topological polar surface area (TPSA) is 135 Å². The van der Waals surface area contributed by atoms with Gasteiger partial charge in [0, 0.05) is 4.92 Å². The number of carbonyl (C=O) groups is 2. The van der Waals surface area contributed by atoms with Gasteiger partial charge < -0.3 is 10.0 Å². The van der Waals surface area contributed by atoms with Gasteiger partial charge in [-0.3, -0.25) is 14.9 Å². The number of β-lactam (4-membered cyclic amide) rings is 1. The molecule has 2 saturated heterocycles. The average molecular weight is 278 g/mol. The Morgan fingerprint density at radius 3 is 2.61 bits per heavy atom. The van der Waals surface area contributed by atoms with Crippen molar-refractivity contribution in [1.29, 1.82) is 0 Å². The van der Waals surface area contributed by atoms with E-state index >= 15 is 0 Å². The summed E-state index contributed by atoms with van der Waals surface area (Å²) in [5.74, 6) is -2.15. The second-order valence-electron chi connectivity index (χ2n) is 4.55. The molecule has 1 N–H and O–H groups in total. The summed E-state index contributed by atoms with van der Waals surface area (Å²) in [5.41, 5.74) is 0. The number of carboxylic acids is 1. The zero-order valence-electron chi connectivity index (χ0n) is 9.27. The van der Waals surface area contributed by atoms with Crippen LogP contribution in [0.3, 0.4) is 0 Å². The molecule has 2 fully saturated rings. The number of nitrogens with zero attached hydrogens (tertiary/aromatic N) is 2. The Morgan fingerprint density at radius 1 is 1.67 bits per heavy atom. The summed E-state index contributed by atoms with van der Waals surface area (Å²) in [6.45, 7) is -0.0257. The molecule has 0 aliphatic carbocycles. The van der Waals surface area contributed by atoms with E-state index in [1.54, 1.807) is 0 Å². The van der Waals surface area contributed by atoms with E-state index in [2.05, 4.69) is 0 Å². The molecular formula is C8H10N2O7S. The third kappa shape index (κ3) is 1.29. The van der Waals surface area contributed by atoms with E-state index in [1.165, 1.54) is 0 Å². The summed E-state index contributed by atoms with van der Waals surface area (Å²) in [6.07, 6.45) is -0.306. The second kappa shape index (κ2) is 3.40. The van der Waals surface area contributed by atoms with Gasteiger partial charge in [0.25, 0.3) is 0 Å². The van der Waals surface area contributed by atoms with Crippen molar-refractivity contribution in [3.8, 4) is 0 Å². The van der Waals surface area contributed by atoms with E-state index in [-0.39, 0.29) is 6.42 Å². The molecule has 10 heteroatoms. The highest BCUT2D eigenvalue weighted by Gasteiger charge is 2.71. The first-order valence-corrected chi connectivity index (χ1v) is 6.57. The fraction of sp³-hybridized carbons (Fsp3) is 0.750. The minimum atomic E-state index is -4.07. The molecule has 1 amide bonds. The van der Waals surface area contributed by atoms with Crippen LogP contribution in [0.25, 0.3) is 0 Å². The van der Waals surface area contributed by atoms with E-state index in [0.29, 0.717) is 0 Å². The number of aliphatic carboxylic acids is 1. The van der Waals surface area contributed by atoms with E-state index in [9.17, 15) is 28.1 Å². The molecule has 0 radical (unpaired) electrons. The Labute approximate surface area is 101 Å². The highest BCUT2D eigenvalue weighted by atomic mass is 32.2. The van der Waals surface area contributed by atoms with Crippen molar-refractivity contribution in [2.24, 2.45) is 0 Å². The molecule has 18 heavy (non-hydrogen) atoms. The van der Waals surface area contributed by atoms with Crippen molar-refractivity contribution >= 4 is 21.7 Å². The van der Waals surface area contributed by atoms with Crippen LogP contribution in [-0.2, 0) is 19.4 Å². The van der Waals surface area contributed by atoms with Gasteiger partial charge in [-0.1, -0.05) is 0 Å². The second-order valence-corrected chi connectivity index (χ2v) is 7.12. The van der Waals surface area contributed by atoms with Crippen LogP contribution >= 0.6 is 0 Å². The van der Waals surface area contributed by atoms with Crippen LogP contribution in [0.5, 0.6) is 0 Å². The van der Waals surface area contributed by atoms with Gasteiger partial charge in [-0.15, -0.1) is 0 Å². The molecule has 2 aliphatic heterocycles. The van der Waals surface area contributed by atoms with Crippen LogP contribution in [-0.4, -0.2) is 57.9 Å². The van der Waals surface area contributed by atoms with Crippen molar-refractivity contribution in [3.63, 3.8) is 0 Å². The highest BCUT2D eigenvalue weighted by molar-refractivity contribution is 7.93. The Hall–Kier alpha value is -1.71. The Kier molecular flexibility index (Phi) is 2.41. The molecule has 3 atom stereocenters. The summed E-state index contributed by atoms with van der Waals surface area (Å²) in [4.78, 5) is 32.9. The SMILES string of the molecule is C[C@]1(C[N+](=O)[O-])[C@H](C(=O)O)N2C(=O)C[C@@H]2S1(=O)=O. The molecule has 100 valence electrons. The molecule has 0 bridgehead atoms. The Balaban J connectivity index is 2.57. The predicted octanol–water partition coefficient (Wildman–Crippen LogP) is -1.54. The fourth-order valence-electron chi connectivity index (χ4n) is 2.54. The monoisotopic (exact) mass is 278 g/mol. The van der Waals surface area contributed by atoms with Crippen molar-refractivity contribution in [2.45, 2.75) is 29.5 Å². The zero-order chi connectivity index (χ0) is 13.9. The molecule has 0 aromatic rings. The lowest BCUT2D eigenvalue weighted by molar-refractivity contribution is -0.485. The van der Waals surface area contributed by atoms with Gasteiger partial charge in [0.15, 0.2) is 20.6 Å². The number of rotatable bonds is 3. The molecule has 2 rings (SSSR count). The summed E-state index contributed by atoms with van der Waals surface area (Å²) in [6, 6.07) is -1.70. The lowest BCUT2D eigenvalue weighted by Gasteiger charge is -2.35. The van der Waals surface area contributed by atoms with E-state index in [4.69, 9.17) is 5.11 Å². The lowest BCUT2D eigenvalue weighted by Crippen LogP contribution is -2.58. The number of carbonyl (C=O) groups excluding carboxylic acids is 1. The molecule has 0 aromatic heterocycles. The van der Waals surface area contributed by atoms with Crippen LogP contribution in [0, 0.1) is 10.1 Å². The molecule has 9 nitrogen and oxygen atoms in total. The average Bonchev–Trinajstić information content (AvgIpc) is 2.31. The number of sulfone groups is 1. The highest BCUT2D eigenvalue weighted by Crippen LogP contribution is 2.46. The van der Waals surface area contributed by atoms with Gasteiger partial charge in [0.1, 0.15) is 5.37 Å². The van der Waals surface area contributed by atoms with Crippen molar-refractivity contribution in [3.05, 3.63) is 10.1 Å². The van der Waals surface area contributed by atoms with Crippen LogP contribution in [0.2, 0.25) is 0 Å². The molecule has 2 aliphatic rings. The maximum absolute atomic E-state index is 12.1. The van der Waals surface area contributed by atoms with Crippen molar-refractivity contribution in [2.75, 3.05) is 6.54 Å². The first-order valence-electron chi connectivity index (χ1n) is 5.02. The lowest BCUT2D eigenvalue weighted by atomic mass is 9.96. The minimum Gasteiger partial charge on any atom is -0.480 e. The van der Waals surface area contributed by atoms with Crippen LogP contribution < -0.4 is 0 Å². The van der Waals surface area contributed by atoms with Gasteiger partial charge in [0.05, 0.1) is 6.42 Å². The number of nitro groups is 1. The molecule has 2 heterocycles. The Morgan fingerprint density at radius 2 is 2.22 bits per heavy atom. The number of carboxylic acid groups (broad SMARTS) is 1. The largest absolute Gasteiger partial charge is 0.480 e. The summed E-state index contributed by atoms with van der Waals surface area (Å²) < 4.78 is 22.1. The van der Waals surface area contributed by atoms with Gasteiger partial charge >= 0.3 is 5.97 Å². The predicted molar refractivity (Wildman–Crippen MR) is 55.9 cm³/mol. The van der Waals surface area contributed by atoms with Crippen LogP contribution in [0.15, 0.2) is 0 Å². The molecule has 0 unspecified atom stereocenters. The summed E-state index contributed by atoms with van der Waals surface area (Å²) in [7, 11) is -4.07. The van der Waals surface area contributed by atoms with Crippen LogP contribution in [0.4, 0.5) is 0 Å². The molecule has 0 saturated carbocycles. The van der Waals surface area contributed by atoms with Gasteiger partial charge in [-0.05, 0) is 6.92 Å². The zero-order valence-corrected chi connectivity index (χ0v) is 10.1. The van der Waals surface area contributed by atoms with Gasteiger partial charge in [0.2, 0.25) is 12.5 Å². The quantitative estimate of drug-likeness (QED) is 0.375. The molecular weight excluding hydrogens is 268 g/mol.